The van der Waals surface area contributed by atoms with Gasteiger partial charge >= 0.3 is 0 Å². The molecule has 0 aromatic carbocycles. The van der Waals surface area contributed by atoms with E-state index in [0.29, 0.717) is 6.04 Å². The van der Waals surface area contributed by atoms with Gasteiger partial charge in [-0.3, -0.25) is 0 Å². The number of hydrogen-bond donors (Lipinski definition) is 2. The molecule has 0 bridgehead atoms. The van der Waals surface area contributed by atoms with Crippen LogP contribution in [-0.4, -0.2) is 24.1 Å². The van der Waals surface area contributed by atoms with Crippen molar-refractivity contribution < 1.29 is 0 Å². The molecule has 0 amide bonds. The number of thiazole rings is 1. The fraction of sp³-hybridized carbons (Fsp3) is 0.769. The summed E-state index contributed by atoms with van der Waals surface area (Å²) in [6.07, 6.45) is 4.00. The van der Waals surface area contributed by atoms with Crippen LogP contribution in [0.15, 0.2) is 5.51 Å². The fourth-order valence-corrected chi connectivity index (χ4v) is 3.22. The van der Waals surface area contributed by atoms with Crippen LogP contribution in [-0.2, 0) is 6.54 Å². The molecule has 17 heavy (non-hydrogen) atoms. The number of aryl methyl sites for hydroxylation is 1. The fourth-order valence-electron chi connectivity index (χ4n) is 2.48. The average molecular weight is 253 g/mol. The molecule has 2 atom stereocenters. The van der Waals surface area contributed by atoms with Crippen LogP contribution >= 0.6 is 11.3 Å². The molecule has 1 aliphatic heterocycles. The zero-order valence-electron chi connectivity index (χ0n) is 10.8. The molecule has 0 spiro atoms. The number of nitrogens with zero attached hydrogens (tertiary/aromatic N) is 1. The number of aromatic nitrogens is 1. The van der Waals surface area contributed by atoms with E-state index in [4.69, 9.17) is 0 Å². The van der Waals surface area contributed by atoms with Crippen molar-refractivity contribution in [2.45, 2.75) is 45.7 Å². The van der Waals surface area contributed by atoms with Crippen LogP contribution in [0.5, 0.6) is 0 Å². The van der Waals surface area contributed by atoms with Crippen molar-refractivity contribution in [2.75, 3.05) is 13.1 Å². The van der Waals surface area contributed by atoms with Crippen molar-refractivity contribution in [1.29, 1.82) is 0 Å². The third kappa shape index (κ3) is 3.76. The molecule has 4 heteroatoms. The zero-order valence-corrected chi connectivity index (χ0v) is 11.6. The van der Waals surface area contributed by atoms with Crippen LogP contribution in [0.3, 0.4) is 0 Å². The summed E-state index contributed by atoms with van der Waals surface area (Å²) in [5.74, 6) is 0.924. The standard InChI is InChI=1S/C13H23N3S/c1-3-11-4-5-15-12(6-11)7-14-8-13-10(2)16-9-17-13/h9,11-12,14-15H,3-8H2,1-2H3. The Balaban J connectivity index is 1.70. The minimum absolute atomic E-state index is 0.655. The Hall–Kier alpha value is -0.450. The summed E-state index contributed by atoms with van der Waals surface area (Å²) in [4.78, 5) is 5.64. The van der Waals surface area contributed by atoms with E-state index in [1.807, 2.05) is 5.51 Å². The molecule has 2 heterocycles. The summed E-state index contributed by atoms with van der Waals surface area (Å²) >= 11 is 1.75. The third-order valence-electron chi connectivity index (χ3n) is 3.70. The van der Waals surface area contributed by atoms with E-state index in [1.54, 1.807) is 11.3 Å². The highest BCUT2D eigenvalue weighted by molar-refractivity contribution is 7.09. The van der Waals surface area contributed by atoms with Crippen molar-refractivity contribution in [3.63, 3.8) is 0 Å². The van der Waals surface area contributed by atoms with Crippen molar-refractivity contribution >= 4 is 11.3 Å². The Morgan fingerprint density at radius 1 is 1.59 bits per heavy atom. The van der Waals surface area contributed by atoms with Crippen molar-refractivity contribution in [3.05, 3.63) is 16.1 Å². The summed E-state index contributed by atoms with van der Waals surface area (Å²) in [6, 6.07) is 0.655. The minimum Gasteiger partial charge on any atom is -0.313 e. The molecule has 0 radical (unpaired) electrons. The molecule has 0 aliphatic carbocycles. The monoisotopic (exact) mass is 253 g/mol. The number of nitrogens with one attached hydrogen (secondary N) is 2. The molecule has 0 saturated carbocycles. The van der Waals surface area contributed by atoms with Gasteiger partial charge in [0, 0.05) is 24.0 Å². The predicted molar refractivity (Wildman–Crippen MR) is 73.4 cm³/mol. The van der Waals surface area contributed by atoms with Crippen LogP contribution in [0.4, 0.5) is 0 Å². The molecular weight excluding hydrogens is 230 g/mol. The SMILES string of the molecule is CCC1CCNC(CNCc2scnc2C)C1. The van der Waals surface area contributed by atoms with E-state index in [-0.39, 0.29) is 0 Å². The summed E-state index contributed by atoms with van der Waals surface area (Å²) in [6.45, 7) is 7.62. The first kappa shape index (κ1) is 13.0. The van der Waals surface area contributed by atoms with Gasteiger partial charge in [0.2, 0.25) is 0 Å². The van der Waals surface area contributed by atoms with Gasteiger partial charge in [-0.15, -0.1) is 11.3 Å². The Kier molecular flexibility index (Phi) is 4.95. The van der Waals surface area contributed by atoms with E-state index in [1.165, 1.54) is 36.4 Å². The highest BCUT2D eigenvalue weighted by Crippen LogP contribution is 2.19. The van der Waals surface area contributed by atoms with Gasteiger partial charge in [-0.2, -0.15) is 0 Å². The largest absolute Gasteiger partial charge is 0.313 e. The molecule has 1 fully saturated rings. The maximum absolute atomic E-state index is 4.27. The minimum atomic E-state index is 0.655. The molecule has 2 rings (SSSR count). The quantitative estimate of drug-likeness (QED) is 0.845. The Bertz CT molecular complexity index is 337. The van der Waals surface area contributed by atoms with Crippen molar-refractivity contribution in [1.82, 2.24) is 15.6 Å². The van der Waals surface area contributed by atoms with Gasteiger partial charge in [-0.05, 0) is 32.2 Å². The summed E-state index contributed by atoms with van der Waals surface area (Å²) in [7, 11) is 0. The third-order valence-corrected chi connectivity index (χ3v) is 4.64. The number of piperidine rings is 1. The molecule has 1 saturated heterocycles. The summed E-state index contributed by atoms with van der Waals surface area (Å²) in [5.41, 5.74) is 3.10. The zero-order chi connectivity index (χ0) is 12.1. The maximum atomic E-state index is 4.27. The van der Waals surface area contributed by atoms with Gasteiger partial charge in [0.1, 0.15) is 0 Å². The molecule has 2 unspecified atom stereocenters. The van der Waals surface area contributed by atoms with E-state index in [2.05, 4.69) is 29.5 Å². The van der Waals surface area contributed by atoms with E-state index >= 15 is 0 Å². The predicted octanol–water partition coefficient (Wildman–Crippen LogP) is 2.32. The highest BCUT2D eigenvalue weighted by atomic mass is 32.1. The van der Waals surface area contributed by atoms with E-state index in [0.717, 1.165) is 19.0 Å². The molecule has 1 aliphatic rings. The van der Waals surface area contributed by atoms with Gasteiger partial charge in [-0.25, -0.2) is 4.98 Å². The summed E-state index contributed by atoms with van der Waals surface area (Å²) in [5, 5.41) is 7.15. The van der Waals surface area contributed by atoms with Gasteiger partial charge in [0.15, 0.2) is 0 Å². The lowest BCUT2D eigenvalue weighted by Gasteiger charge is -2.29. The lowest BCUT2D eigenvalue weighted by Crippen LogP contribution is -2.44. The molecule has 2 N–H and O–H groups in total. The smallest absolute Gasteiger partial charge is 0.0798 e. The van der Waals surface area contributed by atoms with Crippen molar-refractivity contribution in [2.24, 2.45) is 5.92 Å². The maximum Gasteiger partial charge on any atom is 0.0798 e. The van der Waals surface area contributed by atoms with Crippen LogP contribution in [0.2, 0.25) is 0 Å². The number of hydrogen-bond acceptors (Lipinski definition) is 4. The summed E-state index contributed by atoms with van der Waals surface area (Å²) < 4.78 is 0. The second-order valence-electron chi connectivity index (χ2n) is 4.94. The van der Waals surface area contributed by atoms with Gasteiger partial charge in [0.25, 0.3) is 0 Å². The van der Waals surface area contributed by atoms with Gasteiger partial charge in [0.05, 0.1) is 11.2 Å². The topological polar surface area (TPSA) is 37.0 Å². The van der Waals surface area contributed by atoms with Crippen LogP contribution < -0.4 is 10.6 Å². The van der Waals surface area contributed by atoms with Gasteiger partial charge in [-0.1, -0.05) is 13.3 Å². The number of rotatable bonds is 5. The molecule has 1 aromatic rings. The van der Waals surface area contributed by atoms with E-state index < -0.39 is 0 Å². The van der Waals surface area contributed by atoms with Crippen LogP contribution in [0.25, 0.3) is 0 Å². The molecule has 96 valence electrons. The first-order valence-electron chi connectivity index (χ1n) is 6.62. The lowest BCUT2D eigenvalue weighted by molar-refractivity contribution is 0.288. The van der Waals surface area contributed by atoms with Gasteiger partial charge < -0.3 is 10.6 Å². The highest BCUT2D eigenvalue weighted by Gasteiger charge is 2.19. The second-order valence-corrected chi connectivity index (χ2v) is 5.88. The van der Waals surface area contributed by atoms with Crippen LogP contribution in [0, 0.1) is 12.8 Å². The molecule has 3 nitrogen and oxygen atoms in total. The van der Waals surface area contributed by atoms with Crippen LogP contribution in [0.1, 0.15) is 36.8 Å². The lowest BCUT2D eigenvalue weighted by atomic mass is 9.90. The molecule has 1 aromatic heterocycles. The second kappa shape index (κ2) is 6.47. The normalized spacial score (nSPS) is 25.1. The van der Waals surface area contributed by atoms with Crippen molar-refractivity contribution in [3.8, 4) is 0 Å². The Morgan fingerprint density at radius 3 is 3.18 bits per heavy atom. The Labute approximate surface area is 108 Å². The Morgan fingerprint density at radius 2 is 2.47 bits per heavy atom. The first-order valence-corrected chi connectivity index (χ1v) is 7.50. The van der Waals surface area contributed by atoms with E-state index in [9.17, 15) is 0 Å². The molecular formula is C13H23N3S. The first-order chi connectivity index (χ1) is 8.29. The average Bonchev–Trinajstić information content (AvgIpc) is 2.76.